The number of rotatable bonds is 3. The molecule has 1 fully saturated rings. The minimum atomic E-state index is -0.108. The van der Waals surface area contributed by atoms with Crippen molar-refractivity contribution >= 4 is 11.6 Å². The van der Waals surface area contributed by atoms with Crippen molar-refractivity contribution in [2.75, 3.05) is 7.05 Å². The average molecular weight is 278 g/mol. The van der Waals surface area contributed by atoms with Gasteiger partial charge >= 0.3 is 0 Å². The van der Waals surface area contributed by atoms with Gasteiger partial charge in [0.2, 0.25) is 0 Å². The zero-order valence-electron chi connectivity index (χ0n) is 10.8. The molecule has 1 aliphatic carbocycles. The number of tetrazole rings is 1. The lowest BCUT2D eigenvalue weighted by atomic mass is 9.96. The minimum Gasteiger partial charge on any atom is -0.308 e. The monoisotopic (exact) mass is 277 g/mol. The summed E-state index contributed by atoms with van der Waals surface area (Å²) in [5.41, 5.74) is 0.828. The fourth-order valence-corrected chi connectivity index (χ4v) is 2.93. The lowest BCUT2D eigenvalue weighted by Crippen LogP contribution is -2.39. The van der Waals surface area contributed by atoms with Crippen LogP contribution in [0.15, 0.2) is 24.3 Å². The molecule has 0 aliphatic heterocycles. The first-order chi connectivity index (χ1) is 9.25. The maximum atomic E-state index is 5.92. The van der Waals surface area contributed by atoms with E-state index < -0.39 is 0 Å². The predicted octanol–water partition coefficient (Wildman–Crippen LogP) is 2.30. The van der Waals surface area contributed by atoms with Gasteiger partial charge < -0.3 is 5.32 Å². The summed E-state index contributed by atoms with van der Waals surface area (Å²) in [5, 5.41) is 16.3. The van der Waals surface area contributed by atoms with Crippen LogP contribution >= 0.6 is 11.6 Å². The molecule has 1 saturated carbocycles. The van der Waals surface area contributed by atoms with Crippen LogP contribution in [0.3, 0.4) is 0 Å². The van der Waals surface area contributed by atoms with E-state index in [0.29, 0.717) is 5.02 Å². The molecular weight excluding hydrogens is 262 g/mol. The van der Waals surface area contributed by atoms with Crippen molar-refractivity contribution in [3.8, 4) is 5.69 Å². The van der Waals surface area contributed by atoms with Gasteiger partial charge in [-0.15, -0.1) is 5.10 Å². The van der Waals surface area contributed by atoms with Crippen LogP contribution < -0.4 is 5.32 Å². The summed E-state index contributed by atoms with van der Waals surface area (Å²) in [6, 6.07) is 7.56. The first-order valence-electron chi connectivity index (χ1n) is 6.49. The van der Waals surface area contributed by atoms with E-state index in [9.17, 15) is 0 Å². The highest BCUT2D eigenvalue weighted by molar-refractivity contribution is 6.30. The standard InChI is InChI=1S/C13H16ClN5/c1-15-13(8-2-3-9-13)12-16-17-18-19(12)11-6-4-10(14)5-7-11/h4-7,15H,2-3,8-9H2,1H3. The van der Waals surface area contributed by atoms with E-state index in [1.807, 2.05) is 31.3 Å². The fourth-order valence-electron chi connectivity index (χ4n) is 2.81. The zero-order valence-corrected chi connectivity index (χ0v) is 11.6. The maximum absolute atomic E-state index is 5.92. The molecule has 1 N–H and O–H groups in total. The number of hydrogen-bond acceptors (Lipinski definition) is 4. The summed E-state index contributed by atoms with van der Waals surface area (Å²) in [7, 11) is 1.98. The van der Waals surface area contributed by atoms with Crippen LogP contribution in [0, 0.1) is 0 Å². The number of benzene rings is 1. The molecule has 2 aromatic rings. The van der Waals surface area contributed by atoms with Crippen LogP contribution in [0.1, 0.15) is 31.5 Å². The van der Waals surface area contributed by atoms with Crippen LogP contribution in [0.25, 0.3) is 5.69 Å². The van der Waals surface area contributed by atoms with Gasteiger partial charge in [0, 0.05) is 5.02 Å². The Labute approximate surface area is 117 Å². The van der Waals surface area contributed by atoms with Gasteiger partial charge in [-0.2, -0.15) is 4.68 Å². The number of nitrogens with zero attached hydrogens (tertiary/aromatic N) is 4. The Morgan fingerprint density at radius 3 is 2.53 bits per heavy atom. The van der Waals surface area contributed by atoms with E-state index >= 15 is 0 Å². The SMILES string of the molecule is CNC1(c2nnnn2-c2ccc(Cl)cc2)CCCC1. The first kappa shape index (κ1) is 12.6. The van der Waals surface area contributed by atoms with E-state index in [0.717, 1.165) is 24.4 Å². The normalized spacial score (nSPS) is 17.8. The zero-order chi connectivity index (χ0) is 13.3. The molecule has 0 unspecified atom stereocenters. The van der Waals surface area contributed by atoms with Gasteiger partial charge in [0.05, 0.1) is 11.2 Å². The third kappa shape index (κ3) is 2.13. The molecule has 0 atom stereocenters. The molecule has 1 aromatic carbocycles. The first-order valence-corrected chi connectivity index (χ1v) is 6.87. The largest absolute Gasteiger partial charge is 0.308 e. The van der Waals surface area contributed by atoms with Crippen molar-refractivity contribution in [2.45, 2.75) is 31.2 Å². The van der Waals surface area contributed by atoms with Gasteiger partial charge in [-0.25, -0.2) is 0 Å². The van der Waals surface area contributed by atoms with Gasteiger partial charge in [-0.1, -0.05) is 24.4 Å². The lowest BCUT2D eigenvalue weighted by molar-refractivity contribution is 0.341. The minimum absolute atomic E-state index is 0.108. The number of nitrogens with one attached hydrogen (secondary N) is 1. The molecule has 100 valence electrons. The van der Waals surface area contributed by atoms with Crippen molar-refractivity contribution in [1.82, 2.24) is 25.5 Å². The molecular formula is C13H16ClN5. The Morgan fingerprint density at radius 1 is 1.21 bits per heavy atom. The Kier molecular flexibility index (Phi) is 3.24. The van der Waals surface area contributed by atoms with Crippen molar-refractivity contribution in [2.24, 2.45) is 0 Å². The topological polar surface area (TPSA) is 55.6 Å². The smallest absolute Gasteiger partial charge is 0.176 e. The van der Waals surface area contributed by atoms with E-state index in [1.54, 1.807) is 4.68 Å². The number of hydrogen-bond donors (Lipinski definition) is 1. The lowest BCUT2D eigenvalue weighted by Gasteiger charge is -2.26. The highest BCUT2D eigenvalue weighted by Crippen LogP contribution is 2.37. The van der Waals surface area contributed by atoms with Gasteiger partial charge in [-0.05, 0) is 54.6 Å². The van der Waals surface area contributed by atoms with Crippen LogP contribution in [0.2, 0.25) is 5.02 Å². The van der Waals surface area contributed by atoms with Crippen LogP contribution in [-0.2, 0) is 5.54 Å². The average Bonchev–Trinajstić information content (AvgIpc) is 3.09. The van der Waals surface area contributed by atoms with Gasteiger partial charge in [0.25, 0.3) is 0 Å². The highest BCUT2D eigenvalue weighted by Gasteiger charge is 2.39. The fraction of sp³-hybridized carbons (Fsp3) is 0.462. The molecule has 0 radical (unpaired) electrons. The molecule has 1 aliphatic rings. The molecule has 19 heavy (non-hydrogen) atoms. The van der Waals surface area contributed by atoms with Crippen molar-refractivity contribution in [3.63, 3.8) is 0 Å². The third-order valence-corrected chi connectivity index (χ3v) is 4.16. The Morgan fingerprint density at radius 2 is 1.89 bits per heavy atom. The Hall–Kier alpha value is -1.46. The Bertz CT molecular complexity index is 557. The molecule has 0 saturated heterocycles. The molecule has 6 heteroatoms. The van der Waals surface area contributed by atoms with E-state index in [4.69, 9.17) is 11.6 Å². The molecule has 1 heterocycles. The quantitative estimate of drug-likeness (QED) is 0.935. The predicted molar refractivity (Wildman–Crippen MR) is 73.4 cm³/mol. The summed E-state index contributed by atoms with van der Waals surface area (Å²) in [4.78, 5) is 0. The Balaban J connectivity index is 2.05. The summed E-state index contributed by atoms with van der Waals surface area (Å²) in [6.07, 6.45) is 4.54. The second kappa shape index (κ2) is 4.90. The molecule has 3 rings (SSSR count). The molecule has 0 bridgehead atoms. The molecule has 0 amide bonds. The summed E-state index contributed by atoms with van der Waals surface area (Å²) < 4.78 is 1.80. The molecule has 1 aromatic heterocycles. The van der Waals surface area contributed by atoms with E-state index in [1.165, 1.54) is 12.8 Å². The van der Waals surface area contributed by atoms with Gasteiger partial charge in [0.15, 0.2) is 5.82 Å². The summed E-state index contributed by atoms with van der Waals surface area (Å²) in [6.45, 7) is 0. The van der Waals surface area contributed by atoms with Crippen LogP contribution in [0.4, 0.5) is 0 Å². The van der Waals surface area contributed by atoms with Crippen LogP contribution in [-0.4, -0.2) is 27.3 Å². The second-order valence-corrected chi connectivity index (χ2v) is 5.37. The van der Waals surface area contributed by atoms with Crippen molar-refractivity contribution in [1.29, 1.82) is 0 Å². The van der Waals surface area contributed by atoms with Crippen molar-refractivity contribution < 1.29 is 0 Å². The highest BCUT2D eigenvalue weighted by atomic mass is 35.5. The second-order valence-electron chi connectivity index (χ2n) is 4.93. The maximum Gasteiger partial charge on any atom is 0.176 e. The summed E-state index contributed by atoms with van der Waals surface area (Å²) in [5.74, 6) is 0.884. The third-order valence-electron chi connectivity index (χ3n) is 3.90. The molecule has 0 spiro atoms. The summed E-state index contributed by atoms with van der Waals surface area (Å²) >= 11 is 5.92. The van der Waals surface area contributed by atoms with E-state index in [2.05, 4.69) is 20.8 Å². The van der Waals surface area contributed by atoms with Crippen LogP contribution in [0.5, 0.6) is 0 Å². The molecule has 5 nitrogen and oxygen atoms in total. The van der Waals surface area contributed by atoms with Crippen molar-refractivity contribution in [3.05, 3.63) is 35.1 Å². The van der Waals surface area contributed by atoms with Gasteiger partial charge in [0.1, 0.15) is 0 Å². The number of halogens is 1. The van der Waals surface area contributed by atoms with E-state index in [-0.39, 0.29) is 5.54 Å². The van der Waals surface area contributed by atoms with Gasteiger partial charge in [-0.3, -0.25) is 0 Å². The number of aromatic nitrogens is 4.